The largest absolute Gasteiger partial charge is 0.508 e. The summed E-state index contributed by atoms with van der Waals surface area (Å²) in [5, 5.41) is 47.6. The molecule has 2 aromatic rings. The van der Waals surface area contributed by atoms with Crippen molar-refractivity contribution in [1.29, 1.82) is 0 Å². The number of rotatable bonds is 34. The molecule has 9 amide bonds. The summed E-state index contributed by atoms with van der Waals surface area (Å²) in [6, 6.07) is 2.44. The van der Waals surface area contributed by atoms with Crippen molar-refractivity contribution < 1.29 is 68.1 Å². The summed E-state index contributed by atoms with van der Waals surface area (Å²) in [7, 11) is 0. The number of aliphatic carboxylic acids is 2. The van der Waals surface area contributed by atoms with Crippen LogP contribution in [0.2, 0.25) is 0 Å². The number of carbonyl (C=O) groups excluding carboxylic acids is 9. The lowest BCUT2D eigenvalue weighted by Gasteiger charge is -2.31. The minimum Gasteiger partial charge on any atom is -0.508 e. The Morgan fingerprint density at radius 1 is 0.637 bits per heavy atom. The van der Waals surface area contributed by atoms with Crippen LogP contribution in [0.5, 0.6) is 5.75 Å². The molecule has 1 aliphatic heterocycles. The first-order valence-corrected chi connectivity index (χ1v) is 27.2. The Kier molecular flexibility index (Phi) is 27.5. The molecule has 0 radical (unpaired) electrons. The van der Waals surface area contributed by atoms with E-state index in [0.29, 0.717) is 30.4 Å². The van der Waals surface area contributed by atoms with Gasteiger partial charge in [0.1, 0.15) is 54.1 Å². The zero-order valence-corrected chi connectivity index (χ0v) is 46.5. The normalized spacial score (nSPS) is 16.5. The molecule has 1 aliphatic rings. The molecular formula is C55H83N11O14. The molecular weight excluding hydrogens is 1040 g/mol. The number of aromatic hydroxyl groups is 1. The monoisotopic (exact) mass is 1120 g/mol. The fraction of sp³-hybridized carbons (Fsp3) is 0.582. The van der Waals surface area contributed by atoms with Gasteiger partial charge in [0, 0.05) is 19.4 Å². The molecule has 80 heavy (non-hydrogen) atoms. The lowest BCUT2D eigenvalue weighted by molar-refractivity contribution is -0.146. The minimum absolute atomic E-state index is 0.00428. The van der Waals surface area contributed by atoms with Gasteiger partial charge in [-0.1, -0.05) is 90.4 Å². The van der Waals surface area contributed by atoms with Crippen LogP contribution in [0.4, 0.5) is 0 Å². The maximum atomic E-state index is 14.4. The number of carboxylic acids is 2. The summed E-state index contributed by atoms with van der Waals surface area (Å²) in [5.74, 6) is -11.5. The Labute approximate surface area is 466 Å². The molecule has 0 aliphatic carbocycles. The van der Waals surface area contributed by atoms with E-state index in [9.17, 15) is 68.1 Å². The molecule has 3 rings (SSSR count). The number of likely N-dealkylation sites (tertiary alicyclic amines) is 1. The molecule has 0 unspecified atom stereocenters. The molecule has 0 bridgehead atoms. The molecule has 0 saturated carbocycles. The van der Waals surface area contributed by atoms with Crippen molar-refractivity contribution in [1.82, 2.24) is 42.1 Å². The van der Waals surface area contributed by atoms with Crippen molar-refractivity contribution >= 4 is 65.1 Å². The SMILES string of the molecule is CC[C@H](C)[C@H](NC(=O)[C@H](Cc1ccccc1)NC(=O)[C@H](CCCCN)NC(=O)[C@@H]1CCCN1C(=O)[C@H](CC(=O)O)NC(=O)[C@H](CC(C)C)NC(=O)[C@H](CCC(N)=O)NC(=O)[C@@H](N)Cc1ccc(O)cc1)C(=O)N[C@H](C(=O)O)C(C)C. The Bertz CT molecular complexity index is 2440. The van der Waals surface area contributed by atoms with Gasteiger partial charge >= 0.3 is 11.9 Å². The quantitative estimate of drug-likeness (QED) is 0.0396. The zero-order chi connectivity index (χ0) is 59.8. The van der Waals surface area contributed by atoms with E-state index >= 15 is 0 Å². The second-order valence-corrected chi connectivity index (χ2v) is 21.1. The van der Waals surface area contributed by atoms with E-state index in [2.05, 4.69) is 37.2 Å². The van der Waals surface area contributed by atoms with Crippen LogP contribution in [0, 0.1) is 17.8 Å². The molecule has 442 valence electrons. The van der Waals surface area contributed by atoms with Crippen LogP contribution in [0.1, 0.15) is 117 Å². The summed E-state index contributed by atoms with van der Waals surface area (Å²) >= 11 is 0. The Morgan fingerprint density at radius 2 is 1.19 bits per heavy atom. The number of carboxylic acid groups (broad SMARTS) is 2. The van der Waals surface area contributed by atoms with E-state index in [4.69, 9.17) is 17.2 Å². The predicted molar refractivity (Wildman–Crippen MR) is 293 cm³/mol. The van der Waals surface area contributed by atoms with Gasteiger partial charge < -0.3 is 74.6 Å². The molecule has 0 aromatic heterocycles. The highest BCUT2D eigenvalue weighted by Crippen LogP contribution is 2.21. The predicted octanol–water partition coefficient (Wildman–Crippen LogP) is -0.409. The molecule has 1 saturated heterocycles. The lowest BCUT2D eigenvalue weighted by atomic mass is 9.95. The van der Waals surface area contributed by atoms with Crippen LogP contribution < -0.4 is 54.4 Å². The number of nitrogens with two attached hydrogens (primary N) is 3. The number of amides is 9. The standard InChI is InChI=1S/C55H83N11O14/c1-7-32(6)46(53(77)64-45(31(4)5)55(79)80)65-51(75)40(28-33-14-9-8-10-15-33)62-48(72)37(16-11-12-24-56)60-52(76)42-17-13-25-66(42)54(78)41(29-44(69)70)63-50(74)39(26-30(2)3)61-49(73)38(22-23-43(58)68)59-47(71)36(57)27-34-18-20-35(67)21-19-34/h8-10,14-15,18-21,30-32,36-42,45-46,67H,7,11-13,16-17,22-29,56-57H2,1-6H3,(H2,58,68)(H,59,71)(H,60,76)(H,61,73)(H,62,72)(H,63,74)(H,64,77)(H,65,75)(H,69,70)(H,79,80)/t32-,36-,37-,38-,39-,40-,41-,42-,45-,46-/m0/s1. The number of benzene rings is 2. The number of carbonyl (C=O) groups is 11. The summed E-state index contributed by atoms with van der Waals surface area (Å²) in [5.41, 5.74) is 18.5. The van der Waals surface area contributed by atoms with Crippen molar-refractivity contribution in [2.75, 3.05) is 13.1 Å². The van der Waals surface area contributed by atoms with Crippen LogP contribution in [-0.2, 0) is 65.6 Å². The third-order valence-electron chi connectivity index (χ3n) is 13.7. The van der Waals surface area contributed by atoms with Gasteiger partial charge in [-0.3, -0.25) is 47.9 Å². The summed E-state index contributed by atoms with van der Waals surface area (Å²) in [4.78, 5) is 149. The van der Waals surface area contributed by atoms with Crippen LogP contribution in [-0.4, -0.2) is 153 Å². The van der Waals surface area contributed by atoms with E-state index in [1.165, 1.54) is 12.1 Å². The van der Waals surface area contributed by atoms with Gasteiger partial charge in [-0.05, 0) is 98.9 Å². The molecule has 1 fully saturated rings. The Hall–Kier alpha value is -7.67. The number of nitrogens with zero attached hydrogens (tertiary/aromatic N) is 1. The minimum atomic E-state index is -1.77. The topological polar surface area (TPSA) is 414 Å². The van der Waals surface area contributed by atoms with E-state index in [0.717, 1.165) is 4.90 Å². The summed E-state index contributed by atoms with van der Waals surface area (Å²) in [6.45, 7) is 10.4. The van der Waals surface area contributed by atoms with Crippen LogP contribution in [0.3, 0.4) is 0 Å². The summed E-state index contributed by atoms with van der Waals surface area (Å²) < 4.78 is 0. The summed E-state index contributed by atoms with van der Waals surface area (Å²) in [6.07, 6.45) is -0.132. The van der Waals surface area contributed by atoms with Crippen molar-refractivity contribution in [2.45, 2.75) is 173 Å². The number of hydrogen-bond donors (Lipinski definition) is 13. The van der Waals surface area contributed by atoms with Gasteiger partial charge in [0.15, 0.2) is 0 Å². The fourth-order valence-corrected chi connectivity index (χ4v) is 9.01. The van der Waals surface area contributed by atoms with E-state index in [1.54, 1.807) is 84.0 Å². The Balaban J connectivity index is 1.88. The van der Waals surface area contributed by atoms with Crippen LogP contribution >= 0.6 is 0 Å². The maximum Gasteiger partial charge on any atom is 0.326 e. The molecule has 2 aromatic carbocycles. The van der Waals surface area contributed by atoms with Gasteiger partial charge in [-0.25, -0.2) is 4.79 Å². The number of phenolic OH excluding ortho intramolecular Hbond substituents is 1. The first-order valence-electron chi connectivity index (χ1n) is 27.2. The van der Waals surface area contributed by atoms with Crippen LogP contribution in [0.15, 0.2) is 54.6 Å². The highest BCUT2D eigenvalue weighted by atomic mass is 16.4. The molecule has 25 nitrogen and oxygen atoms in total. The number of phenols is 1. The van der Waals surface area contributed by atoms with Crippen molar-refractivity contribution in [3.63, 3.8) is 0 Å². The number of hydrogen-bond acceptors (Lipinski definition) is 14. The van der Waals surface area contributed by atoms with Crippen molar-refractivity contribution in [2.24, 2.45) is 35.0 Å². The van der Waals surface area contributed by atoms with Crippen molar-refractivity contribution in [3.05, 3.63) is 65.7 Å². The smallest absolute Gasteiger partial charge is 0.326 e. The maximum absolute atomic E-state index is 14.4. The first kappa shape index (κ1) is 66.6. The molecule has 0 spiro atoms. The molecule has 16 N–H and O–H groups in total. The molecule has 1 heterocycles. The van der Waals surface area contributed by atoms with E-state index in [-0.39, 0.29) is 76.1 Å². The highest BCUT2D eigenvalue weighted by Gasteiger charge is 2.41. The zero-order valence-electron chi connectivity index (χ0n) is 46.5. The van der Waals surface area contributed by atoms with Crippen LogP contribution in [0.25, 0.3) is 0 Å². The average molecular weight is 1120 g/mol. The number of unbranched alkanes of at least 4 members (excludes halogenated alkanes) is 1. The Morgan fingerprint density at radius 3 is 1.75 bits per heavy atom. The van der Waals surface area contributed by atoms with E-state index < -0.39 is 138 Å². The molecule has 25 heteroatoms. The van der Waals surface area contributed by atoms with Gasteiger partial charge in [-0.2, -0.15) is 0 Å². The first-order chi connectivity index (χ1) is 37.8. The number of primary amides is 1. The van der Waals surface area contributed by atoms with Gasteiger partial charge in [0.25, 0.3) is 0 Å². The van der Waals surface area contributed by atoms with E-state index in [1.807, 2.05) is 0 Å². The fourth-order valence-electron chi connectivity index (χ4n) is 9.01. The third-order valence-corrected chi connectivity index (χ3v) is 13.7. The third kappa shape index (κ3) is 21.9. The van der Waals surface area contributed by atoms with Gasteiger partial charge in [0.2, 0.25) is 53.2 Å². The molecule has 10 atom stereocenters. The second-order valence-electron chi connectivity index (χ2n) is 21.1. The lowest BCUT2D eigenvalue weighted by Crippen LogP contribution is -2.61. The number of nitrogens with one attached hydrogen (secondary N) is 7. The second kappa shape index (κ2) is 33.0. The van der Waals surface area contributed by atoms with Gasteiger partial charge in [0.05, 0.1) is 12.5 Å². The average Bonchev–Trinajstić information content (AvgIpc) is 3.90. The van der Waals surface area contributed by atoms with Gasteiger partial charge in [-0.15, -0.1) is 0 Å². The highest BCUT2D eigenvalue weighted by molar-refractivity contribution is 5.99. The van der Waals surface area contributed by atoms with Crippen molar-refractivity contribution in [3.8, 4) is 5.75 Å².